The predicted molar refractivity (Wildman–Crippen MR) is 74.6 cm³/mol. The van der Waals surface area contributed by atoms with Crippen LogP contribution in [0.15, 0.2) is 22.1 Å². The van der Waals surface area contributed by atoms with Crippen molar-refractivity contribution in [2.75, 3.05) is 7.11 Å². The number of nitrogens with zero attached hydrogens (tertiary/aromatic N) is 2. The van der Waals surface area contributed by atoms with Crippen molar-refractivity contribution in [3.8, 4) is 5.75 Å². The molecule has 4 nitrogen and oxygen atoms in total. The molecule has 0 fully saturated rings. The maximum Gasteiger partial charge on any atom is 0.225 e. The van der Waals surface area contributed by atoms with Gasteiger partial charge in [-0.15, -0.1) is 11.3 Å². The molecule has 18 heavy (non-hydrogen) atoms. The highest BCUT2D eigenvalue weighted by Crippen LogP contribution is 2.30. The van der Waals surface area contributed by atoms with Crippen LogP contribution in [-0.4, -0.2) is 22.7 Å². The third kappa shape index (κ3) is 2.22. The Morgan fingerprint density at radius 1 is 1.56 bits per heavy atom. The van der Waals surface area contributed by atoms with Crippen molar-refractivity contribution in [3.05, 3.63) is 32.7 Å². The second-order valence-electron chi connectivity index (χ2n) is 4.03. The van der Waals surface area contributed by atoms with E-state index in [-0.39, 0.29) is 11.8 Å². The van der Waals surface area contributed by atoms with Gasteiger partial charge in [-0.25, -0.2) is 0 Å². The summed E-state index contributed by atoms with van der Waals surface area (Å²) in [6, 6.07) is 1.96. The summed E-state index contributed by atoms with van der Waals surface area (Å²) in [6.07, 6.45) is 1.58. The SMILES string of the molecule is COc1cnn(C(C)C)c1C(=O)c1sccc1Br. The molecule has 2 rings (SSSR count). The van der Waals surface area contributed by atoms with Gasteiger partial charge in [-0.3, -0.25) is 9.48 Å². The highest BCUT2D eigenvalue weighted by Gasteiger charge is 2.24. The van der Waals surface area contributed by atoms with Crippen LogP contribution in [0, 0.1) is 0 Å². The monoisotopic (exact) mass is 328 g/mol. The van der Waals surface area contributed by atoms with E-state index in [9.17, 15) is 4.79 Å². The van der Waals surface area contributed by atoms with Gasteiger partial charge in [0.2, 0.25) is 5.78 Å². The first-order valence-electron chi connectivity index (χ1n) is 5.45. The number of carbonyl (C=O) groups excluding carboxylic acids is 1. The fraction of sp³-hybridized carbons (Fsp3) is 0.333. The summed E-state index contributed by atoms with van der Waals surface area (Å²) in [5.74, 6) is 0.439. The number of hydrogen-bond donors (Lipinski definition) is 0. The Kier molecular flexibility index (Phi) is 3.87. The fourth-order valence-electron chi connectivity index (χ4n) is 1.67. The molecule has 0 aliphatic heterocycles. The van der Waals surface area contributed by atoms with Gasteiger partial charge in [0.1, 0.15) is 0 Å². The van der Waals surface area contributed by atoms with Crippen molar-refractivity contribution >= 4 is 33.0 Å². The highest BCUT2D eigenvalue weighted by atomic mass is 79.9. The molecule has 0 amide bonds. The molecule has 96 valence electrons. The molecule has 6 heteroatoms. The van der Waals surface area contributed by atoms with E-state index in [2.05, 4.69) is 21.0 Å². The quantitative estimate of drug-likeness (QED) is 0.806. The third-order valence-electron chi connectivity index (χ3n) is 2.51. The van der Waals surface area contributed by atoms with Crippen LogP contribution in [0.2, 0.25) is 0 Å². The minimum absolute atomic E-state index is 0.0695. The zero-order valence-electron chi connectivity index (χ0n) is 10.3. The summed E-state index contributed by atoms with van der Waals surface area (Å²) in [7, 11) is 1.54. The van der Waals surface area contributed by atoms with Crippen molar-refractivity contribution < 1.29 is 9.53 Å². The van der Waals surface area contributed by atoms with Gasteiger partial charge in [-0.2, -0.15) is 5.10 Å². The van der Waals surface area contributed by atoms with Gasteiger partial charge >= 0.3 is 0 Å². The molecule has 0 N–H and O–H groups in total. The number of aromatic nitrogens is 2. The van der Waals surface area contributed by atoms with Crippen molar-refractivity contribution in [2.24, 2.45) is 0 Å². The van der Waals surface area contributed by atoms with E-state index in [1.807, 2.05) is 25.3 Å². The molecule has 0 unspecified atom stereocenters. The van der Waals surface area contributed by atoms with Gasteiger partial charge in [0, 0.05) is 10.5 Å². The number of ketones is 1. The number of methoxy groups -OCH3 is 1. The van der Waals surface area contributed by atoms with E-state index in [0.717, 1.165) is 4.47 Å². The molecule has 0 spiro atoms. The van der Waals surface area contributed by atoms with E-state index < -0.39 is 0 Å². The number of hydrogen-bond acceptors (Lipinski definition) is 4. The van der Waals surface area contributed by atoms with E-state index in [1.54, 1.807) is 18.0 Å². The molecule has 0 saturated carbocycles. The lowest BCUT2D eigenvalue weighted by atomic mass is 10.2. The number of halogens is 1. The zero-order chi connectivity index (χ0) is 13.3. The Morgan fingerprint density at radius 2 is 2.28 bits per heavy atom. The lowest BCUT2D eigenvalue weighted by molar-refractivity contribution is 0.102. The summed E-state index contributed by atoms with van der Waals surface area (Å²) in [5, 5.41) is 6.08. The average Bonchev–Trinajstić information content (AvgIpc) is 2.93. The van der Waals surface area contributed by atoms with E-state index in [0.29, 0.717) is 16.3 Å². The van der Waals surface area contributed by atoms with Gasteiger partial charge < -0.3 is 4.74 Å². The first-order valence-corrected chi connectivity index (χ1v) is 7.12. The molecule has 0 radical (unpaired) electrons. The van der Waals surface area contributed by atoms with Crippen LogP contribution >= 0.6 is 27.3 Å². The molecule has 2 aromatic heterocycles. The van der Waals surface area contributed by atoms with Crippen LogP contribution in [0.4, 0.5) is 0 Å². The van der Waals surface area contributed by atoms with Gasteiger partial charge in [-0.1, -0.05) is 0 Å². The van der Waals surface area contributed by atoms with Gasteiger partial charge in [0.05, 0.1) is 18.2 Å². The van der Waals surface area contributed by atoms with Crippen LogP contribution < -0.4 is 4.74 Å². The molecule has 0 saturated heterocycles. The molecular weight excluding hydrogens is 316 g/mol. The number of ether oxygens (including phenoxy) is 1. The number of rotatable bonds is 4. The first-order chi connectivity index (χ1) is 8.56. The van der Waals surface area contributed by atoms with Gasteiger partial charge in [0.15, 0.2) is 11.4 Å². The molecule has 2 aromatic rings. The van der Waals surface area contributed by atoms with Gasteiger partial charge in [-0.05, 0) is 41.2 Å². The van der Waals surface area contributed by atoms with Crippen LogP contribution in [0.3, 0.4) is 0 Å². The van der Waals surface area contributed by atoms with Crippen molar-refractivity contribution in [3.63, 3.8) is 0 Å². The maximum atomic E-state index is 12.5. The summed E-state index contributed by atoms with van der Waals surface area (Å²) in [4.78, 5) is 13.2. The normalized spacial score (nSPS) is 10.9. The van der Waals surface area contributed by atoms with Crippen LogP contribution in [0.25, 0.3) is 0 Å². The summed E-state index contributed by atoms with van der Waals surface area (Å²) in [6.45, 7) is 3.96. The van der Waals surface area contributed by atoms with Crippen molar-refractivity contribution in [2.45, 2.75) is 19.9 Å². The Balaban J connectivity index is 2.53. The molecule has 0 bridgehead atoms. The highest BCUT2D eigenvalue weighted by molar-refractivity contribution is 9.10. The van der Waals surface area contributed by atoms with E-state index >= 15 is 0 Å². The molecule has 0 aliphatic rings. The molecule has 2 heterocycles. The Morgan fingerprint density at radius 3 is 2.78 bits per heavy atom. The lowest BCUT2D eigenvalue weighted by Gasteiger charge is -2.10. The summed E-state index contributed by atoms with van der Waals surface area (Å²) in [5.41, 5.74) is 0.496. The second kappa shape index (κ2) is 5.24. The number of carbonyl (C=O) groups is 1. The minimum atomic E-state index is -0.0695. The largest absolute Gasteiger partial charge is 0.493 e. The van der Waals surface area contributed by atoms with E-state index in [4.69, 9.17) is 4.74 Å². The Bertz CT molecular complexity index is 574. The predicted octanol–water partition coefficient (Wildman–Crippen LogP) is 3.53. The fourth-order valence-corrected chi connectivity index (χ4v) is 3.16. The summed E-state index contributed by atoms with van der Waals surface area (Å²) >= 11 is 4.78. The molecule has 0 atom stereocenters. The molecular formula is C12H13BrN2O2S. The minimum Gasteiger partial charge on any atom is -0.493 e. The van der Waals surface area contributed by atoms with Crippen LogP contribution in [0.1, 0.15) is 35.3 Å². The third-order valence-corrected chi connectivity index (χ3v) is 4.35. The summed E-state index contributed by atoms with van der Waals surface area (Å²) < 4.78 is 7.71. The standard InChI is InChI=1S/C12H13BrN2O2S/c1-7(2)15-10(9(17-3)6-14-15)11(16)12-8(13)4-5-18-12/h4-7H,1-3H3. The maximum absolute atomic E-state index is 12.5. The Labute approximate surface area is 118 Å². The van der Waals surface area contributed by atoms with Crippen LogP contribution in [0.5, 0.6) is 5.75 Å². The smallest absolute Gasteiger partial charge is 0.225 e. The molecule has 0 aromatic carbocycles. The topological polar surface area (TPSA) is 44.1 Å². The Hall–Kier alpha value is -1.14. The lowest BCUT2D eigenvalue weighted by Crippen LogP contribution is -2.13. The van der Waals surface area contributed by atoms with Crippen LogP contribution in [-0.2, 0) is 0 Å². The zero-order valence-corrected chi connectivity index (χ0v) is 12.7. The average molecular weight is 329 g/mol. The van der Waals surface area contributed by atoms with Crippen molar-refractivity contribution in [1.82, 2.24) is 9.78 Å². The van der Waals surface area contributed by atoms with Crippen molar-refractivity contribution in [1.29, 1.82) is 0 Å². The second-order valence-corrected chi connectivity index (χ2v) is 5.80. The molecule has 0 aliphatic carbocycles. The first kappa shape index (κ1) is 13.3. The number of thiophene rings is 1. The van der Waals surface area contributed by atoms with Gasteiger partial charge in [0.25, 0.3) is 0 Å². The van der Waals surface area contributed by atoms with E-state index in [1.165, 1.54) is 11.3 Å².